The quantitative estimate of drug-likeness (QED) is 0.808. The number of fused-ring (bicyclic) bond motifs is 1. The normalized spacial score (nSPS) is 13.3. The molecule has 0 saturated heterocycles. The summed E-state index contributed by atoms with van der Waals surface area (Å²) in [6, 6.07) is 1.77. The maximum absolute atomic E-state index is 10.0. The third kappa shape index (κ3) is 2.03. The summed E-state index contributed by atoms with van der Waals surface area (Å²) in [4.78, 5) is 5.35. The second kappa shape index (κ2) is 4.29. The molecule has 1 N–H and O–H groups in total. The lowest BCUT2D eigenvalue weighted by atomic mass is 10.1. The molecule has 0 bridgehead atoms. The van der Waals surface area contributed by atoms with Gasteiger partial charge in [-0.3, -0.25) is 4.40 Å². The number of halogens is 1. The number of aromatic nitrogens is 2. The van der Waals surface area contributed by atoms with E-state index in [4.69, 9.17) is 4.42 Å². The molecule has 0 fully saturated rings. The smallest absolute Gasteiger partial charge is 0.193 e. The molecule has 3 aromatic heterocycles. The number of thiazole rings is 1. The third-order valence-electron chi connectivity index (χ3n) is 2.49. The van der Waals surface area contributed by atoms with E-state index in [1.165, 1.54) is 0 Å². The molecule has 88 valence electrons. The molecule has 6 heteroatoms. The molecule has 0 spiro atoms. The van der Waals surface area contributed by atoms with E-state index in [0.29, 0.717) is 12.2 Å². The van der Waals surface area contributed by atoms with Crippen molar-refractivity contribution in [1.82, 2.24) is 9.38 Å². The van der Waals surface area contributed by atoms with Crippen LogP contribution in [0.25, 0.3) is 4.96 Å². The topological polar surface area (TPSA) is 50.7 Å². The first-order chi connectivity index (χ1) is 8.24. The van der Waals surface area contributed by atoms with Crippen molar-refractivity contribution in [2.24, 2.45) is 0 Å². The standard InChI is InChI=1S/C11H9BrN2O2S/c12-8-1-3-16-10(8)9(15)5-7-6-14-2-4-17-11(14)13-7/h1-4,6,9,15H,5H2. The molecule has 3 aromatic rings. The highest BCUT2D eigenvalue weighted by molar-refractivity contribution is 9.10. The Morgan fingerprint density at radius 1 is 1.59 bits per heavy atom. The molecule has 1 unspecified atom stereocenters. The zero-order valence-corrected chi connectivity index (χ0v) is 11.1. The van der Waals surface area contributed by atoms with Gasteiger partial charge in [0.25, 0.3) is 0 Å². The van der Waals surface area contributed by atoms with Gasteiger partial charge in [-0.05, 0) is 22.0 Å². The first-order valence-electron chi connectivity index (χ1n) is 5.06. The van der Waals surface area contributed by atoms with Gasteiger partial charge in [0.1, 0.15) is 11.9 Å². The maximum atomic E-state index is 10.0. The number of aliphatic hydroxyl groups is 1. The summed E-state index contributed by atoms with van der Waals surface area (Å²) in [5, 5.41) is 12.0. The number of nitrogens with zero attached hydrogens (tertiary/aromatic N) is 2. The van der Waals surface area contributed by atoms with E-state index in [1.807, 2.05) is 22.2 Å². The summed E-state index contributed by atoms with van der Waals surface area (Å²) in [6.07, 6.45) is 5.19. The number of imidazole rings is 1. The molecule has 17 heavy (non-hydrogen) atoms. The largest absolute Gasteiger partial charge is 0.465 e. The Hall–Kier alpha value is -1.11. The van der Waals surface area contributed by atoms with Gasteiger partial charge in [-0.2, -0.15) is 0 Å². The van der Waals surface area contributed by atoms with Crippen LogP contribution >= 0.6 is 27.3 Å². The van der Waals surface area contributed by atoms with Crippen LogP contribution in [0.1, 0.15) is 17.6 Å². The van der Waals surface area contributed by atoms with Crippen molar-refractivity contribution in [2.45, 2.75) is 12.5 Å². The van der Waals surface area contributed by atoms with E-state index in [1.54, 1.807) is 23.7 Å². The van der Waals surface area contributed by atoms with Crippen molar-refractivity contribution < 1.29 is 9.52 Å². The van der Waals surface area contributed by atoms with Gasteiger partial charge in [-0.1, -0.05) is 0 Å². The lowest BCUT2D eigenvalue weighted by Gasteiger charge is -2.05. The van der Waals surface area contributed by atoms with Gasteiger partial charge in [0, 0.05) is 24.2 Å². The summed E-state index contributed by atoms with van der Waals surface area (Å²) in [5.74, 6) is 0.543. The number of furan rings is 1. The molecule has 3 rings (SSSR count). The fourth-order valence-electron chi connectivity index (χ4n) is 1.71. The van der Waals surface area contributed by atoms with Crippen molar-refractivity contribution in [3.05, 3.63) is 46.0 Å². The van der Waals surface area contributed by atoms with Gasteiger partial charge in [0.2, 0.25) is 0 Å². The van der Waals surface area contributed by atoms with Crippen molar-refractivity contribution in [3.8, 4) is 0 Å². The summed E-state index contributed by atoms with van der Waals surface area (Å²) < 4.78 is 7.96. The number of aliphatic hydroxyl groups excluding tert-OH is 1. The second-order valence-electron chi connectivity index (χ2n) is 3.68. The fraction of sp³-hybridized carbons (Fsp3) is 0.182. The van der Waals surface area contributed by atoms with Crippen LogP contribution in [0.3, 0.4) is 0 Å². The molecule has 0 saturated carbocycles. The van der Waals surface area contributed by atoms with Crippen LogP contribution in [0.15, 0.2) is 39.0 Å². The highest BCUT2D eigenvalue weighted by Gasteiger charge is 2.17. The lowest BCUT2D eigenvalue weighted by Crippen LogP contribution is -2.01. The van der Waals surface area contributed by atoms with E-state index in [-0.39, 0.29) is 0 Å². The molecule has 0 radical (unpaired) electrons. The molecule has 0 aliphatic heterocycles. The minimum atomic E-state index is -0.677. The lowest BCUT2D eigenvalue weighted by molar-refractivity contribution is 0.148. The van der Waals surface area contributed by atoms with Gasteiger partial charge < -0.3 is 9.52 Å². The highest BCUT2D eigenvalue weighted by Crippen LogP contribution is 2.27. The Balaban J connectivity index is 1.83. The van der Waals surface area contributed by atoms with Crippen LogP contribution in [0.4, 0.5) is 0 Å². The molecule has 1 atom stereocenters. The van der Waals surface area contributed by atoms with Gasteiger partial charge in [-0.15, -0.1) is 11.3 Å². The van der Waals surface area contributed by atoms with E-state index in [0.717, 1.165) is 15.1 Å². The van der Waals surface area contributed by atoms with Crippen LogP contribution < -0.4 is 0 Å². The van der Waals surface area contributed by atoms with Gasteiger partial charge in [0.15, 0.2) is 4.96 Å². The highest BCUT2D eigenvalue weighted by atomic mass is 79.9. The average molecular weight is 313 g/mol. The monoisotopic (exact) mass is 312 g/mol. The van der Waals surface area contributed by atoms with Crippen LogP contribution in [0.5, 0.6) is 0 Å². The Bertz CT molecular complexity index is 614. The van der Waals surface area contributed by atoms with Crippen molar-refractivity contribution in [1.29, 1.82) is 0 Å². The number of hydrogen-bond donors (Lipinski definition) is 1. The van der Waals surface area contributed by atoms with Gasteiger partial charge in [-0.25, -0.2) is 4.98 Å². The fourth-order valence-corrected chi connectivity index (χ4v) is 2.89. The van der Waals surface area contributed by atoms with E-state index in [9.17, 15) is 5.11 Å². The van der Waals surface area contributed by atoms with Crippen LogP contribution in [0, 0.1) is 0 Å². The molecule has 0 aliphatic rings. The van der Waals surface area contributed by atoms with Crippen LogP contribution in [-0.2, 0) is 6.42 Å². The third-order valence-corrected chi connectivity index (χ3v) is 3.92. The minimum absolute atomic E-state index is 0.445. The summed E-state index contributed by atoms with van der Waals surface area (Å²) >= 11 is 4.90. The van der Waals surface area contributed by atoms with Crippen molar-refractivity contribution >= 4 is 32.2 Å². The molecule has 3 heterocycles. The van der Waals surface area contributed by atoms with E-state index >= 15 is 0 Å². The Morgan fingerprint density at radius 3 is 3.18 bits per heavy atom. The summed E-state index contributed by atoms with van der Waals surface area (Å²) in [5.41, 5.74) is 0.854. The second-order valence-corrected chi connectivity index (χ2v) is 5.41. The molecular formula is C11H9BrN2O2S. The first-order valence-corrected chi connectivity index (χ1v) is 6.73. The Labute approximate surface area is 110 Å². The zero-order valence-electron chi connectivity index (χ0n) is 8.71. The van der Waals surface area contributed by atoms with Crippen molar-refractivity contribution in [2.75, 3.05) is 0 Å². The predicted octanol–water partition coefficient (Wildman–Crippen LogP) is 3.03. The van der Waals surface area contributed by atoms with E-state index in [2.05, 4.69) is 20.9 Å². The zero-order chi connectivity index (χ0) is 11.8. The van der Waals surface area contributed by atoms with Crippen molar-refractivity contribution in [3.63, 3.8) is 0 Å². The van der Waals surface area contributed by atoms with Crippen LogP contribution in [-0.4, -0.2) is 14.5 Å². The number of rotatable bonds is 3. The molecule has 0 amide bonds. The number of hydrogen-bond acceptors (Lipinski definition) is 4. The average Bonchev–Trinajstić information content (AvgIpc) is 2.92. The van der Waals surface area contributed by atoms with Crippen LogP contribution in [0.2, 0.25) is 0 Å². The minimum Gasteiger partial charge on any atom is -0.465 e. The Morgan fingerprint density at radius 2 is 2.47 bits per heavy atom. The summed E-state index contributed by atoms with van der Waals surface area (Å²) in [6.45, 7) is 0. The molecule has 0 aromatic carbocycles. The summed E-state index contributed by atoms with van der Waals surface area (Å²) in [7, 11) is 0. The molecule has 0 aliphatic carbocycles. The first kappa shape index (κ1) is 11.0. The SMILES string of the molecule is OC(Cc1cn2ccsc2n1)c1occc1Br. The molecule has 4 nitrogen and oxygen atoms in total. The predicted molar refractivity (Wildman–Crippen MR) is 68.1 cm³/mol. The maximum Gasteiger partial charge on any atom is 0.193 e. The van der Waals surface area contributed by atoms with Gasteiger partial charge in [0.05, 0.1) is 16.4 Å². The van der Waals surface area contributed by atoms with Gasteiger partial charge >= 0.3 is 0 Å². The van der Waals surface area contributed by atoms with E-state index < -0.39 is 6.10 Å². The molecular weight excluding hydrogens is 304 g/mol. The Kier molecular flexibility index (Phi) is 2.78.